The second-order valence-corrected chi connectivity index (χ2v) is 38.3. The van der Waals surface area contributed by atoms with E-state index >= 15 is 0 Å². The molecule has 28 rings (SSSR count). The summed E-state index contributed by atoms with van der Waals surface area (Å²) in [6.07, 6.45) is 0. The first kappa shape index (κ1) is 72.7. The van der Waals surface area contributed by atoms with Gasteiger partial charge in [0.15, 0.2) is 0 Å². The van der Waals surface area contributed by atoms with Crippen molar-refractivity contribution in [2.45, 2.75) is 66.2 Å². The van der Waals surface area contributed by atoms with Crippen molar-refractivity contribution in [2.24, 2.45) is 0 Å². The standard InChI is InChI=1S/2C32H24.2C29H18S/c1-19-8-9-20-12-17-27-24(15-11-21-10-14-23(19)30(20)31(21)27)22-13-16-26-25-6-4-5-7-28(25)32(2,3)29(26)18-22;1-19-8-9-20-12-16-26-24(15-11-21-10-14-23(19)30(20)31(21)26)22-13-17-29-27(18-22)25-6-4-5-7-28(25)32(29,2)3;1-17-6-7-18-10-15-25-22(13-9-19-8-12-21(17)28(18)29(19)25)20-11-14-24-23-4-2-3-5-26(23)30-27(24)16-20;1-17-6-7-18-10-14-24-22(13-9-19-8-12-21(17)28(18)29(19)24)20-11-15-27-25(16-20)23-4-2-3-5-26(23)30-27/h2*4-18H,1-3H3;2*2-16H,1H3. The van der Waals surface area contributed by atoms with Crippen molar-refractivity contribution in [1.29, 1.82) is 0 Å². The summed E-state index contributed by atoms with van der Waals surface area (Å²) < 4.78 is 5.43. The maximum atomic E-state index is 2.44. The van der Waals surface area contributed by atoms with E-state index in [9.17, 15) is 0 Å². The fourth-order valence-electron chi connectivity index (χ4n) is 22.3. The Morgan fingerprint density at radius 1 is 0.161 bits per heavy atom. The Labute approximate surface area is 728 Å². The molecule has 2 aromatic heterocycles. The fourth-order valence-corrected chi connectivity index (χ4v) is 24.6. The molecule has 124 heavy (non-hydrogen) atoms. The van der Waals surface area contributed by atoms with Crippen molar-refractivity contribution in [3.63, 3.8) is 0 Å². The normalized spacial score (nSPS) is 13.3. The minimum atomic E-state index is 0.0167. The summed E-state index contributed by atoms with van der Waals surface area (Å²) in [5, 5.41) is 38.0. The second-order valence-electron chi connectivity index (χ2n) is 36.2. The molecular weight excluding hydrogens is 1530 g/mol. The average Bonchev–Trinajstić information content (AvgIpc) is 1.19. The number of fused-ring (bicyclic) bond motifs is 12. The third kappa shape index (κ3) is 10.8. The first-order valence-corrected chi connectivity index (χ1v) is 45.3. The van der Waals surface area contributed by atoms with E-state index in [-0.39, 0.29) is 10.8 Å². The van der Waals surface area contributed by atoms with E-state index in [1.807, 2.05) is 22.7 Å². The molecule has 0 unspecified atom stereocenters. The Kier molecular flexibility index (Phi) is 15.9. The smallest absolute Gasteiger partial charge is 0.0361 e. The molecule has 0 saturated heterocycles. The Morgan fingerprint density at radius 2 is 0.427 bits per heavy atom. The lowest BCUT2D eigenvalue weighted by Gasteiger charge is -2.22. The number of thiophene rings is 2. The molecule has 0 atom stereocenters. The molecule has 0 radical (unpaired) electrons. The quantitative estimate of drug-likeness (QED) is 0.154. The van der Waals surface area contributed by atoms with Gasteiger partial charge in [-0.1, -0.05) is 349 Å². The first-order chi connectivity index (χ1) is 60.6. The monoisotopic (exact) mass is 1610 g/mol. The van der Waals surface area contributed by atoms with E-state index in [0.717, 1.165) is 0 Å². The van der Waals surface area contributed by atoms with Gasteiger partial charge in [-0.15, -0.1) is 22.7 Å². The van der Waals surface area contributed by atoms with Crippen molar-refractivity contribution < 1.29 is 0 Å². The van der Waals surface area contributed by atoms with Gasteiger partial charge in [0.1, 0.15) is 0 Å². The highest BCUT2D eigenvalue weighted by Crippen LogP contribution is 2.54. The molecule has 0 N–H and O–H groups in total. The van der Waals surface area contributed by atoms with Gasteiger partial charge in [-0.25, -0.2) is 0 Å². The van der Waals surface area contributed by atoms with Crippen molar-refractivity contribution in [2.75, 3.05) is 0 Å². The highest BCUT2D eigenvalue weighted by molar-refractivity contribution is 7.26. The number of aryl methyl sites for hydroxylation is 4. The number of hydrogen-bond acceptors (Lipinski definition) is 2. The van der Waals surface area contributed by atoms with E-state index in [0.29, 0.717) is 0 Å². The van der Waals surface area contributed by atoms with Gasteiger partial charge >= 0.3 is 0 Å². The Hall–Kier alpha value is -14.1. The number of benzene rings is 24. The first-order valence-electron chi connectivity index (χ1n) is 43.6. The molecule has 0 aliphatic heterocycles. The molecule has 584 valence electrons. The van der Waals surface area contributed by atoms with Crippen molar-refractivity contribution >= 4 is 192 Å². The molecule has 0 fully saturated rings. The molecule has 2 heteroatoms. The second kappa shape index (κ2) is 27.2. The SMILES string of the molecule is Cc1ccc2ccc3c(-c4ccc5c(c4)-c4ccccc4C5(C)C)ccc4ccc1c2c43.Cc1ccc2ccc3c(-c4ccc5c(c4)C(C)(C)c4ccccc4-5)ccc4ccc1c2c43.Cc1ccc2ccc3c(-c4ccc5c(c4)sc4ccccc45)ccc4ccc1c2c43.Cc1ccc2ccc3c(-c4ccc5sc6ccccc6c5c4)ccc4ccc1c2c43. The zero-order valence-electron chi connectivity index (χ0n) is 70.5. The molecule has 0 bridgehead atoms. The molecule has 0 spiro atoms. The molecule has 2 aliphatic carbocycles. The van der Waals surface area contributed by atoms with E-state index in [4.69, 9.17) is 0 Å². The fraction of sp³-hybridized carbons (Fsp3) is 0.0820. The van der Waals surface area contributed by atoms with Crippen LogP contribution < -0.4 is 0 Å². The molecule has 0 amide bonds. The van der Waals surface area contributed by atoms with Gasteiger partial charge in [-0.2, -0.15) is 0 Å². The molecule has 2 heterocycles. The highest BCUT2D eigenvalue weighted by atomic mass is 32.1. The van der Waals surface area contributed by atoms with Crippen LogP contribution in [0.25, 0.3) is 236 Å². The van der Waals surface area contributed by atoms with E-state index in [2.05, 4.69) is 419 Å². The van der Waals surface area contributed by atoms with Crippen LogP contribution in [-0.2, 0) is 10.8 Å². The van der Waals surface area contributed by atoms with Crippen molar-refractivity contribution in [3.8, 4) is 66.8 Å². The molecule has 0 nitrogen and oxygen atoms in total. The topological polar surface area (TPSA) is 0 Å². The lowest BCUT2D eigenvalue weighted by molar-refractivity contribution is 0.660. The minimum Gasteiger partial charge on any atom is -0.135 e. The number of hydrogen-bond donors (Lipinski definition) is 0. The lowest BCUT2D eigenvalue weighted by Crippen LogP contribution is -2.14. The molecule has 26 aromatic rings. The maximum absolute atomic E-state index is 2.44. The van der Waals surface area contributed by atoms with E-state index in [1.54, 1.807) is 0 Å². The molecule has 0 saturated carbocycles. The van der Waals surface area contributed by atoms with Crippen LogP contribution >= 0.6 is 22.7 Å². The highest BCUT2D eigenvalue weighted by Gasteiger charge is 2.37. The lowest BCUT2D eigenvalue weighted by atomic mass is 9.81. The summed E-state index contributed by atoms with van der Waals surface area (Å²) in [6.45, 7) is 18.2. The Bertz CT molecular complexity index is 8980. The van der Waals surface area contributed by atoms with Crippen LogP contribution in [0.15, 0.2) is 364 Å². The molecule has 2 aliphatic rings. The van der Waals surface area contributed by atoms with Gasteiger partial charge < -0.3 is 0 Å². The largest absolute Gasteiger partial charge is 0.135 e. The Balaban J connectivity index is 0.0000000906. The van der Waals surface area contributed by atoms with Gasteiger partial charge in [0, 0.05) is 51.2 Å². The third-order valence-electron chi connectivity index (χ3n) is 28.7. The van der Waals surface area contributed by atoms with Crippen LogP contribution in [-0.4, -0.2) is 0 Å². The maximum Gasteiger partial charge on any atom is 0.0361 e. The van der Waals surface area contributed by atoms with Crippen LogP contribution in [0, 0.1) is 27.7 Å². The van der Waals surface area contributed by atoms with Crippen LogP contribution in [0.3, 0.4) is 0 Å². The summed E-state index contributed by atoms with van der Waals surface area (Å²) in [6, 6.07) is 136. The van der Waals surface area contributed by atoms with Crippen LogP contribution in [0.4, 0.5) is 0 Å². The van der Waals surface area contributed by atoms with Crippen LogP contribution in [0.1, 0.15) is 72.2 Å². The van der Waals surface area contributed by atoms with Crippen molar-refractivity contribution in [1.82, 2.24) is 0 Å². The summed E-state index contributed by atoms with van der Waals surface area (Å²) in [7, 11) is 0. The van der Waals surface area contributed by atoms with E-state index in [1.165, 1.54) is 281 Å². The van der Waals surface area contributed by atoms with Crippen LogP contribution in [0.2, 0.25) is 0 Å². The van der Waals surface area contributed by atoms with Gasteiger partial charge in [0.2, 0.25) is 0 Å². The van der Waals surface area contributed by atoms with Crippen molar-refractivity contribution in [3.05, 3.63) is 408 Å². The zero-order valence-corrected chi connectivity index (χ0v) is 72.1. The van der Waals surface area contributed by atoms with Gasteiger partial charge in [0.05, 0.1) is 0 Å². The average molecular weight is 1610 g/mol. The summed E-state index contributed by atoms with van der Waals surface area (Å²) in [5.41, 5.74) is 27.1. The number of rotatable bonds is 4. The Morgan fingerprint density at radius 3 is 0.879 bits per heavy atom. The van der Waals surface area contributed by atoms with Gasteiger partial charge in [0.25, 0.3) is 0 Å². The summed E-state index contributed by atoms with van der Waals surface area (Å²) in [5.74, 6) is 0. The van der Waals surface area contributed by atoms with Gasteiger partial charge in [-0.3, -0.25) is 0 Å². The molecular formula is C122H84S2. The van der Waals surface area contributed by atoms with Crippen LogP contribution in [0.5, 0.6) is 0 Å². The summed E-state index contributed by atoms with van der Waals surface area (Å²) in [4.78, 5) is 0. The summed E-state index contributed by atoms with van der Waals surface area (Å²) >= 11 is 3.76. The van der Waals surface area contributed by atoms with E-state index < -0.39 is 0 Å². The predicted molar refractivity (Wildman–Crippen MR) is 542 cm³/mol. The minimum absolute atomic E-state index is 0.0167. The van der Waals surface area contributed by atoms with Gasteiger partial charge in [-0.05, 0) is 311 Å². The predicted octanol–water partition coefficient (Wildman–Crippen LogP) is 35.6. The zero-order chi connectivity index (χ0) is 82.9. The molecule has 24 aromatic carbocycles. The third-order valence-corrected chi connectivity index (χ3v) is 31.0.